The van der Waals surface area contributed by atoms with E-state index >= 15 is 0 Å². The highest BCUT2D eigenvalue weighted by molar-refractivity contribution is 6.03. The Hall–Kier alpha value is -2.49. The molecule has 1 N–H and O–H groups in total. The number of carbonyl (C=O) groups excluding carboxylic acids is 1. The molecule has 1 aromatic heterocycles. The second-order valence-corrected chi connectivity index (χ2v) is 4.73. The summed E-state index contributed by atoms with van der Waals surface area (Å²) in [4.78, 5) is 15.9. The van der Waals surface area contributed by atoms with Crippen LogP contribution < -0.4 is 5.43 Å². The summed E-state index contributed by atoms with van der Waals surface area (Å²) in [5, 5.41) is 4.28. The van der Waals surface area contributed by atoms with Gasteiger partial charge in [0.15, 0.2) is 0 Å². The maximum atomic E-state index is 11.9. The average molecular weight is 265 g/mol. The summed E-state index contributed by atoms with van der Waals surface area (Å²) in [6.07, 6.45) is 4.62. The maximum absolute atomic E-state index is 11.9. The van der Waals surface area contributed by atoms with Crippen molar-refractivity contribution in [2.75, 3.05) is 0 Å². The van der Waals surface area contributed by atoms with Crippen molar-refractivity contribution in [2.24, 2.45) is 5.10 Å². The van der Waals surface area contributed by atoms with Crippen molar-refractivity contribution in [3.63, 3.8) is 0 Å². The minimum Gasteiger partial charge on any atom is -0.266 e. The molecular weight excluding hydrogens is 250 g/mol. The highest BCUT2D eigenvalue weighted by Gasteiger charge is 2.15. The maximum Gasteiger partial charge on any atom is 0.289 e. The second-order valence-electron chi connectivity index (χ2n) is 4.73. The van der Waals surface area contributed by atoms with Gasteiger partial charge in [-0.05, 0) is 37.0 Å². The first kappa shape index (κ1) is 12.5. The van der Waals surface area contributed by atoms with Crippen LogP contribution in [-0.4, -0.2) is 16.6 Å². The quantitative estimate of drug-likeness (QED) is 0.848. The molecule has 2 aromatic rings. The van der Waals surface area contributed by atoms with Crippen molar-refractivity contribution in [3.8, 4) is 0 Å². The SMILES string of the molecule is O=C(N/N=C1\CCCc2ccccc21)c1ccccn1. The smallest absolute Gasteiger partial charge is 0.266 e. The van der Waals surface area contributed by atoms with Crippen molar-refractivity contribution in [1.29, 1.82) is 0 Å². The third-order valence-corrected chi connectivity index (χ3v) is 3.38. The van der Waals surface area contributed by atoms with Crippen LogP contribution in [0.1, 0.15) is 34.5 Å². The lowest BCUT2D eigenvalue weighted by atomic mass is 9.90. The number of carbonyl (C=O) groups is 1. The minimum absolute atomic E-state index is 0.277. The van der Waals surface area contributed by atoms with Crippen molar-refractivity contribution in [1.82, 2.24) is 10.4 Å². The summed E-state index contributed by atoms with van der Waals surface area (Å²) in [7, 11) is 0. The number of hydrazone groups is 1. The Morgan fingerprint density at radius 2 is 1.95 bits per heavy atom. The van der Waals surface area contributed by atoms with E-state index in [2.05, 4.69) is 27.6 Å². The normalized spacial score (nSPS) is 15.7. The molecule has 0 spiro atoms. The average Bonchev–Trinajstić information content (AvgIpc) is 2.53. The summed E-state index contributed by atoms with van der Waals surface area (Å²) >= 11 is 0. The van der Waals surface area contributed by atoms with E-state index in [1.54, 1.807) is 24.4 Å². The second kappa shape index (κ2) is 5.65. The number of pyridine rings is 1. The van der Waals surface area contributed by atoms with Gasteiger partial charge in [-0.25, -0.2) is 5.43 Å². The van der Waals surface area contributed by atoms with Crippen LogP contribution >= 0.6 is 0 Å². The minimum atomic E-state index is -0.277. The van der Waals surface area contributed by atoms with Crippen LogP contribution in [0.3, 0.4) is 0 Å². The highest BCUT2D eigenvalue weighted by Crippen LogP contribution is 2.21. The van der Waals surface area contributed by atoms with E-state index in [0.29, 0.717) is 5.69 Å². The molecule has 4 nitrogen and oxygen atoms in total. The van der Waals surface area contributed by atoms with Crippen LogP contribution in [0.25, 0.3) is 0 Å². The molecule has 0 aliphatic heterocycles. The van der Waals surface area contributed by atoms with Gasteiger partial charge in [-0.2, -0.15) is 5.10 Å². The van der Waals surface area contributed by atoms with E-state index in [0.717, 1.165) is 30.5 Å². The molecule has 4 heteroatoms. The Morgan fingerprint density at radius 3 is 2.80 bits per heavy atom. The zero-order valence-corrected chi connectivity index (χ0v) is 11.0. The Bertz CT molecular complexity index is 650. The molecule has 20 heavy (non-hydrogen) atoms. The predicted molar refractivity (Wildman–Crippen MR) is 77.6 cm³/mol. The van der Waals surface area contributed by atoms with Gasteiger partial charge in [-0.1, -0.05) is 30.3 Å². The van der Waals surface area contributed by atoms with Crippen LogP contribution in [0.15, 0.2) is 53.8 Å². The van der Waals surface area contributed by atoms with E-state index in [-0.39, 0.29) is 5.91 Å². The molecule has 0 fully saturated rings. The van der Waals surface area contributed by atoms with Gasteiger partial charge in [0.05, 0.1) is 5.71 Å². The number of amides is 1. The fraction of sp³-hybridized carbons (Fsp3) is 0.188. The van der Waals surface area contributed by atoms with Gasteiger partial charge in [0, 0.05) is 11.8 Å². The third kappa shape index (κ3) is 2.59. The zero-order valence-electron chi connectivity index (χ0n) is 11.0. The Kier molecular flexibility index (Phi) is 3.54. The lowest BCUT2D eigenvalue weighted by Gasteiger charge is -2.17. The molecular formula is C16H15N3O. The summed E-state index contributed by atoms with van der Waals surface area (Å²) in [5.74, 6) is -0.277. The Morgan fingerprint density at radius 1 is 1.10 bits per heavy atom. The van der Waals surface area contributed by atoms with Crippen LogP contribution in [0.2, 0.25) is 0 Å². The van der Waals surface area contributed by atoms with Crippen molar-refractivity contribution in [2.45, 2.75) is 19.3 Å². The van der Waals surface area contributed by atoms with Crippen LogP contribution in [0.4, 0.5) is 0 Å². The summed E-state index contributed by atoms with van der Waals surface area (Å²) in [6, 6.07) is 13.4. The summed E-state index contributed by atoms with van der Waals surface area (Å²) in [5.41, 5.74) is 6.35. The molecule has 0 unspecified atom stereocenters. The van der Waals surface area contributed by atoms with Crippen LogP contribution in [0.5, 0.6) is 0 Å². The van der Waals surface area contributed by atoms with Crippen LogP contribution in [-0.2, 0) is 6.42 Å². The molecule has 1 aliphatic carbocycles. The van der Waals surface area contributed by atoms with E-state index in [1.165, 1.54) is 5.56 Å². The van der Waals surface area contributed by atoms with Gasteiger partial charge in [-0.15, -0.1) is 0 Å². The fourth-order valence-electron chi connectivity index (χ4n) is 2.39. The Labute approximate surface area is 117 Å². The Balaban J connectivity index is 1.79. The number of hydrogen-bond donors (Lipinski definition) is 1. The highest BCUT2D eigenvalue weighted by atomic mass is 16.2. The van der Waals surface area contributed by atoms with Gasteiger partial charge in [0.1, 0.15) is 5.69 Å². The van der Waals surface area contributed by atoms with E-state index < -0.39 is 0 Å². The van der Waals surface area contributed by atoms with Gasteiger partial charge >= 0.3 is 0 Å². The number of nitrogens with one attached hydrogen (secondary N) is 1. The van der Waals surface area contributed by atoms with Gasteiger partial charge in [0.25, 0.3) is 5.91 Å². The number of benzene rings is 1. The predicted octanol–water partition coefficient (Wildman–Crippen LogP) is 2.55. The molecule has 1 heterocycles. The summed E-state index contributed by atoms with van der Waals surface area (Å²) < 4.78 is 0. The molecule has 3 rings (SSSR count). The molecule has 1 aromatic carbocycles. The summed E-state index contributed by atoms with van der Waals surface area (Å²) in [6.45, 7) is 0. The molecule has 1 aliphatic rings. The van der Waals surface area contributed by atoms with Crippen LogP contribution in [0, 0.1) is 0 Å². The number of hydrogen-bond acceptors (Lipinski definition) is 3. The largest absolute Gasteiger partial charge is 0.289 e. The monoisotopic (exact) mass is 265 g/mol. The number of nitrogens with zero attached hydrogens (tertiary/aromatic N) is 2. The number of rotatable bonds is 2. The topological polar surface area (TPSA) is 54.4 Å². The molecule has 0 saturated carbocycles. The van der Waals surface area contributed by atoms with Gasteiger partial charge < -0.3 is 0 Å². The van der Waals surface area contributed by atoms with Crippen molar-refractivity contribution < 1.29 is 4.79 Å². The molecule has 0 atom stereocenters. The van der Waals surface area contributed by atoms with E-state index in [9.17, 15) is 4.79 Å². The molecule has 0 saturated heterocycles. The first-order valence-electron chi connectivity index (χ1n) is 6.71. The van der Waals surface area contributed by atoms with Gasteiger partial charge in [-0.3, -0.25) is 9.78 Å². The standard InChI is InChI=1S/C16H15N3O/c20-16(15-9-3-4-11-17-15)19-18-14-10-5-7-12-6-1-2-8-13(12)14/h1-4,6,8-9,11H,5,7,10H2,(H,19,20)/b18-14+. The van der Waals surface area contributed by atoms with Gasteiger partial charge in [0.2, 0.25) is 0 Å². The van der Waals surface area contributed by atoms with Crippen molar-refractivity contribution in [3.05, 3.63) is 65.5 Å². The van der Waals surface area contributed by atoms with E-state index in [4.69, 9.17) is 0 Å². The molecule has 100 valence electrons. The number of aryl methyl sites for hydroxylation is 1. The first-order valence-corrected chi connectivity index (χ1v) is 6.71. The zero-order chi connectivity index (χ0) is 13.8. The molecule has 0 bridgehead atoms. The fourth-order valence-corrected chi connectivity index (χ4v) is 2.39. The number of fused-ring (bicyclic) bond motifs is 1. The molecule has 0 radical (unpaired) electrons. The first-order chi connectivity index (χ1) is 9.84. The van der Waals surface area contributed by atoms with Crippen molar-refractivity contribution >= 4 is 11.6 Å². The third-order valence-electron chi connectivity index (χ3n) is 3.38. The van der Waals surface area contributed by atoms with E-state index in [1.807, 2.05) is 12.1 Å². The number of aromatic nitrogens is 1. The lowest BCUT2D eigenvalue weighted by molar-refractivity contribution is 0.0950. The molecule has 1 amide bonds. The lowest BCUT2D eigenvalue weighted by Crippen LogP contribution is -2.22.